The van der Waals surface area contributed by atoms with Gasteiger partial charge in [0.1, 0.15) is 5.15 Å². The lowest BCUT2D eigenvalue weighted by atomic mass is 10.1. The highest BCUT2D eigenvalue weighted by Crippen LogP contribution is 2.20. The van der Waals surface area contributed by atoms with Crippen LogP contribution in [0.2, 0.25) is 5.15 Å². The van der Waals surface area contributed by atoms with Gasteiger partial charge in [0, 0.05) is 37.3 Å². The van der Waals surface area contributed by atoms with Gasteiger partial charge in [0.15, 0.2) is 0 Å². The molecule has 8 nitrogen and oxygen atoms in total. The maximum atomic E-state index is 12.7. The van der Waals surface area contributed by atoms with Gasteiger partial charge < -0.3 is 5.32 Å². The summed E-state index contributed by atoms with van der Waals surface area (Å²) in [6, 6.07) is 7.16. The normalized spacial score (nSPS) is 13.9. The Labute approximate surface area is 180 Å². The molecule has 0 aliphatic carbocycles. The van der Waals surface area contributed by atoms with Gasteiger partial charge in [-0.1, -0.05) is 29.8 Å². The van der Waals surface area contributed by atoms with Crippen molar-refractivity contribution in [2.75, 3.05) is 19.6 Å². The minimum atomic E-state index is -0.341. The number of nitrogens with one attached hydrogen (secondary N) is 1. The van der Waals surface area contributed by atoms with Gasteiger partial charge in [-0.3, -0.25) is 19.1 Å². The molecule has 1 aromatic heterocycles. The van der Waals surface area contributed by atoms with Crippen molar-refractivity contribution < 1.29 is 14.4 Å². The Morgan fingerprint density at radius 1 is 1.17 bits per heavy atom. The lowest BCUT2D eigenvalue weighted by Crippen LogP contribution is -2.48. The minimum Gasteiger partial charge on any atom is -0.343 e. The fourth-order valence-electron chi connectivity index (χ4n) is 3.35. The summed E-state index contributed by atoms with van der Waals surface area (Å²) in [4.78, 5) is 37.6. The summed E-state index contributed by atoms with van der Waals surface area (Å²) < 4.78 is 1.53. The monoisotopic (exact) mass is 429 g/mol. The maximum Gasteiger partial charge on any atom is 0.265 e. The molecular weight excluding hydrogens is 406 g/mol. The predicted molar refractivity (Wildman–Crippen MR) is 114 cm³/mol. The number of rotatable bonds is 5. The average molecular weight is 430 g/mol. The number of benzene rings is 1. The average Bonchev–Trinajstić information content (AvgIpc) is 3.30. The van der Waals surface area contributed by atoms with Gasteiger partial charge in [-0.2, -0.15) is 5.10 Å². The molecule has 0 bridgehead atoms. The first kappa shape index (κ1) is 21.6. The van der Waals surface area contributed by atoms with Crippen LogP contribution >= 0.6 is 11.6 Å². The molecule has 0 unspecified atom stereocenters. The highest BCUT2D eigenvalue weighted by atomic mass is 35.5. The third-order valence-electron chi connectivity index (χ3n) is 4.95. The molecule has 1 aliphatic rings. The molecular formula is C21H24ClN5O3. The number of aromatic nitrogens is 2. The Balaban J connectivity index is 1.62. The van der Waals surface area contributed by atoms with E-state index in [-0.39, 0.29) is 24.3 Å². The van der Waals surface area contributed by atoms with Gasteiger partial charge in [0.25, 0.3) is 17.7 Å². The number of carbonyl (C=O) groups excluding carboxylic acids is 3. The molecule has 3 rings (SSSR count). The number of hydrogen-bond acceptors (Lipinski definition) is 4. The van der Waals surface area contributed by atoms with Crippen molar-refractivity contribution in [2.45, 2.75) is 20.3 Å². The van der Waals surface area contributed by atoms with Crippen LogP contribution < -0.4 is 5.32 Å². The Morgan fingerprint density at radius 2 is 1.87 bits per heavy atom. The highest BCUT2D eigenvalue weighted by molar-refractivity contribution is 6.31. The smallest absolute Gasteiger partial charge is 0.265 e. The lowest BCUT2D eigenvalue weighted by Gasteiger charge is -2.27. The second-order valence-electron chi connectivity index (χ2n) is 7.08. The molecule has 1 N–H and O–H groups in total. The van der Waals surface area contributed by atoms with Crippen LogP contribution in [0.5, 0.6) is 0 Å². The van der Waals surface area contributed by atoms with Crippen LogP contribution in [0, 0.1) is 13.8 Å². The van der Waals surface area contributed by atoms with E-state index >= 15 is 0 Å². The number of hydrazine groups is 1. The van der Waals surface area contributed by atoms with Crippen LogP contribution in [0.15, 0.2) is 30.3 Å². The van der Waals surface area contributed by atoms with Crippen LogP contribution in [-0.2, 0) is 16.6 Å². The minimum absolute atomic E-state index is 0.186. The summed E-state index contributed by atoms with van der Waals surface area (Å²) in [5, 5.41) is 10.0. The fourth-order valence-corrected chi connectivity index (χ4v) is 3.58. The molecule has 2 heterocycles. The first-order valence-corrected chi connectivity index (χ1v) is 10.00. The molecule has 0 saturated carbocycles. The molecule has 3 amide bonds. The summed E-state index contributed by atoms with van der Waals surface area (Å²) >= 11 is 6.19. The molecule has 2 aromatic rings. The number of halogens is 1. The number of hydrogen-bond donors (Lipinski definition) is 1. The zero-order valence-corrected chi connectivity index (χ0v) is 17.9. The fraction of sp³-hybridized carbons (Fsp3) is 0.333. The van der Waals surface area contributed by atoms with Crippen LogP contribution in [0.3, 0.4) is 0 Å². The third kappa shape index (κ3) is 4.54. The van der Waals surface area contributed by atoms with E-state index in [1.807, 2.05) is 19.1 Å². The van der Waals surface area contributed by atoms with E-state index in [0.29, 0.717) is 41.5 Å². The van der Waals surface area contributed by atoms with Gasteiger partial charge in [0.2, 0.25) is 0 Å². The van der Waals surface area contributed by atoms with Crippen molar-refractivity contribution in [1.82, 2.24) is 25.1 Å². The molecule has 1 aliphatic heterocycles. The van der Waals surface area contributed by atoms with Gasteiger partial charge in [0.05, 0.1) is 12.2 Å². The van der Waals surface area contributed by atoms with E-state index in [1.165, 1.54) is 20.8 Å². The van der Waals surface area contributed by atoms with Crippen molar-refractivity contribution in [2.24, 2.45) is 7.05 Å². The zero-order valence-electron chi connectivity index (χ0n) is 17.2. The van der Waals surface area contributed by atoms with Crippen molar-refractivity contribution >= 4 is 35.4 Å². The summed E-state index contributed by atoms with van der Waals surface area (Å²) in [6.45, 7) is 4.30. The van der Waals surface area contributed by atoms with E-state index in [4.69, 9.17) is 11.6 Å². The summed E-state index contributed by atoms with van der Waals surface area (Å²) in [5.41, 5.74) is 2.72. The molecule has 30 heavy (non-hydrogen) atoms. The van der Waals surface area contributed by atoms with E-state index in [0.717, 1.165) is 5.56 Å². The van der Waals surface area contributed by atoms with E-state index in [1.54, 1.807) is 32.2 Å². The van der Waals surface area contributed by atoms with Crippen molar-refractivity contribution in [3.05, 3.63) is 57.9 Å². The summed E-state index contributed by atoms with van der Waals surface area (Å²) in [6.07, 6.45) is 3.66. The Morgan fingerprint density at radius 3 is 2.53 bits per heavy atom. The summed E-state index contributed by atoms with van der Waals surface area (Å²) in [5.74, 6) is -0.989. The molecule has 9 heteroatoms. The molecule has 0 radical (unpaired) electrons. The van der Waals surface area contributed by atoms with Crippen molar-refractivity contribution in [1.29, 1.82) is 0 Å². The van der Waals surface area contributed by atoms with Crippen LogP contribution in [0.25, 0.3) is 6.08 Å². The van der Waals surface area contributed by atoms with Gasteiger partial charge >= 0.3 is 0 Å². The van der Waals surface area contributed by atoms with Gasteiger partial charge in [-0.15, -0.1) is 0 Å². The zero-order chi connectivity index (χ0) is 21.8. The third-order valence-corrected chi connectivity index (χ3v) is 5.40. The molecule has 1 saturated heterocycles. The molecule has 158 valence electrons. The lowest BCUT2D eigenvalue weighted by molar-refractivity contribution is -0.153. The number of carbonyl (C=O) groups is 3. The first-order valence-electron chi connectivity index (χ1n) is 9.62. The molecule has 0 atom stereocenters. The topological polar surface area (TPSA) is 87.5 Å². The standard InChI is InChI=1S/C21H24ClN5O3/c1-14-7-4-5-8-16(14)21(30)23-13-19(29)27-12-6-11-26(27)18(28)10-9-17-15(2)24-25(3)20(17)22/h4-5,7-10H,6,11-13H2,1-3H3,(H,23,30). The maximum absolute atomic E-state index is 12.7. The Bertz CT molecular complexity index is 1010. The molecule has 0 spiro atoms. The van der Waals surface area contributed by atoms with Crippen LogP contribution in [0.1, 0.15) is 33.6 Å². The summed E-state index contributed by atoms with van der Waals surface area (Å²) in [7, 11) is 1.72. The Kier molecular flexibility index (Phi) is 6.56. The van der Waals surface area contributed by atoms with Crippen molar-refractivity contribution in [3.63, 3.8) is 0 Å². The predicted octanol–water partition coefficient (Wildman–Crippen LogP) is 2.11. The van der Waals surface area contributed by atoms with Gasteiger partial charge in [-0.25, -0.2) is 10.0 Å². The number of nitrogens with zero attached hydrogens (tertiary/aromatic N) is 4. The largest absolute Gasteiger partial charge is 0.343 e. The quantitative estimate of drug-likeness (QED) is 0.737. The van der Waals surface area contributed by atoms with Crippen LogP contribution in [-0.4, -0.2) is 57.2 Å². The second kappa shape index (κ2) is 9.13. The molecule has 1 fully saturated rings. The SMILES string of the molecule is Cc1ccccc1C(=O)NCC(=O)N1CCCN1C(=O)C=Cc1c(C)nn(C)c1Cl. The number of aryl methyl sites for hydroxylation is 3. The van der Waals surface area contributed by atoms with E-state index in [2.05, 4.69) is 10.4 Å². The van der Waals surface area contributed by atoms with E-state index in [9.17, 15) is 14.4 Å². The number of amides is 3. The van der Waals surface area contributed by atoms with Crippen molar-refractivity contribution in [3.8, 4) is 0 Å². The second-order valence-corrected chi connectivity index (χ2v) is 7.43. The first-order chi connectivity index (χ1) is 14.3. The van der Waals surface area contributed by atoms with E-state index < -0.39 is 0 Å². The van der Waals surface area contributed by atoms with Crippen LogP contribution in [0.4, 0.5) is 0 Å². The Hall–Kier alpha value is -3.13. The molecule has 1 aromatic carbocycles. The van der Waals surface area contributed by atoms with Gasteiger partial charge in [-0.05, 0) is 38.0 Å². The highest BCUT2D eigenvalue weighted by Gasteiger charge is 2.29.